The number of hydrogen-bond donors (Lipinski definition) is 1. The van der Waals surface area contributed by atoms with Crippen molar-refractivity contribution in [2.45, 2.75) is 51.0 Å². The molecular weight excluding hydrogens is 342 g/mol. The third kappa shape index (κ3) is 5.96. The first-order valence-corrected chi connectivity index (χ1v) is 9.57. The summed E-state index contributed by atoms with van der Waals surface area (Å²) in [6.07, 6.45) is 5.00. The van der Waals surface area contributed by atoms with E-state index in [1.165, 1.54) is 11.1 Å². The molecule has 0 heterocycles. The maximum atomic E-state index is 12.7. The van der Waals surface area contributed by atoms with E-state index in [1.54, 1.807) is 0 Å². The van der Waals surface area contributed by atoms with Crippen LogP contribution < -0.4 is 5.32 Å². The molecule has 26 heavy (non-hydrogen) atoms. The van der Waals surface area contributed by atoms with Gasteiger partial charge in [-0.1, -0.05) is 67.1 Å². The normalized spacial score (nSPS) is 21.5. The average Bonchev–Trinajstić information content (AvgIpc) is 2.83. The van der Waals surface area contributed by atoms with Crippen molar-refractivity contribution in [2.75, 3.05) is 6.54 Å². The lowest BCUT2D eigenvalue weighted by molar-refractivity contribution is -0.122. The average molecular weight is 372 g/mol. The first kappa shape index (κ1) is 20.7. The summed E-state index contributed by atoms with van der Waals surface area (Å²) in [5, 5.41) is 3.59. The molecule has 2 aromatic carbocycles. The molecule has 1 aliphatic carbocycles. The van der Waals surface area contributed by atoms with Gasteiger partial charge in [-0.05, 0) is 43.2 Å². The van der Waals surface area contributed by atoms with E-state index in [4.69, 9.17) is 0 Å². The maximum Gasteiger partial charge on any atom is 0.137 e. The molecule has 1 aliphatic rings. The van der Waals surface area contributed by atoms with Crippen LogP contribution in [-0.4, -0.2) is 18.4 Å². The van der Waals surface area contributed by atoms with Gasteiger partial charge in [-0.3, -0.25) is 4.79 Å². The molecule has 3 unspecified atom stereocenters. The van der Waals surface area contributed by atoms with Gasteiger partial charge in [-0.15, -0.1) is 12.4 Å². The number of ketones is 1. The van der Waals surface area contributed by atoms with Crippen LogP contribution in [0.5, 0.6) is 0 Å². The van der Waals surface area contributed by atoms with Crippen LogP contribution in [0, 0.1) is 5.92 Å². The van der Waals surface area contributed by atoms with E-state index >= 15 is 0 Å². The molecule has 0 bridgehead atoms. The van der Waals surface area contributed by atoms with E-state index in [9.17, 15) is 4.79 Å². The molecule has 0 spiro atoms. The molecule has 1 fully saturated rings. The van der Waals surface area contributed by atoms with Crippen molar-refractivity contribution in [1.29, 1.82) is 0 Å². The van der Waals surface area contributed by atoms with Crippen LogP contribution in [0.3, 0.4) is 0 Å². The van der Waals surface area contributed by atoms with Crippen LogP contribution in [-0.2, 0) is 11.2 Å². The highest BCUT2D eigenvalue weighted by molar-refractivity contribution is 5.85. The van der Waals surface area contributed by atoms with Crippen molar-refractivity contribution in [3.05, 3.63) is 71.8 Å². The smallest absolute Gasteiger partial charge is 0.137 e. The lowest BCUT2D eigenvalue weighted by Gasteiger charge is -2.19. The largest absolute Gasteiger partial charge is 0.313 e. The van der Waals surface area contributed by atoms with Gasteiger partial charge in [0.2, 0.25) is 0 Å². The molecule has 0 aliphatic heterocycles. The summed E-state index contributed by atoms with van der Waals surface area (Å²) in [6, 6.07) is 21.5. The molecule has 0 amide bonds. The van der Waals surface area contributed by atoms with Crippen molar-refractivity contribution in [1.82, 2.24) is 5.32 Å². The van der Waals surface area contributed by atoms with Gasteiger partial charge in [-0.2, -0.15) is 0 Å². The second kappa shape index (κ2) is 10.5. The standard InChI is InChI=1S/C23H29NO.ClH/c1-18(15-19-9-4-2-5-10-19)24-17-22-14-8-13-21(16-23(22)25)20-11-6-3-7-12-20;/h2-7,9-12,18,21-22,24H,8,13-17H2,1H3;1H. The summed E-state index contributed by atoms with van der Waals surface area (Å²) >= 11 is 0. The van der Waals surface area contributed by atoms with Crippen LogP contribution in [0.1, 0.15) is 49.7 Å². The van der Waals surface area contributed by atoms with E-state index in [0.717, 1.165) is 32.2 Å². The van der Waals surface area contributed by atoms with Gasteiger partial charge < -0.3 is 5.32 Å². The molecule has 1 N–H and O–H groups in total. The van der Waals surface area contributed by atoms with E-state index in [0.29, 0.717) is 24.2 Å². The number of hydrogen-bond acceptors (Lipinski definition) is 2. The minimum Gasteiger partial charge on any atom is -0.313 e. The Hall–Kier alpha value is -1.64. The highest BCUT2D eigenvalue weighted by Gasteiger charge is 2.27. The van der Waals surface area contributed by atoms with Gasteiger partial charge >= 0.3 is 0 Å². The van der Waals surface area contributed by atoms with Crippen LogP contribution in [0.25, 0.3) is 0 Å². The molecule has 0 aromatic heterocycles. The highest BCUT2D eigenvalue weighted by Crippen LogP contribution is 2.32. The molecule has 3 rings (SSSR count). The summed E-state index contributed by atoms with van der Waals surface area (Å²) in [4.78, 5) is 12.7. The number of halogens is 1. The zero-order chi connectivity index (χ0) is 17.5. The Bertz CT molecular complexity index is 658. The quantitative estimate of drug-likeness (QED) is 0.709. The summed E-state index contributed by atoms with van der Waals surface area (Å²) in [5.74, 6) is 1.01. The van der Waals surface area contributed by atoms with Gasteiger partial charge in [0.25, 0.3) is 0 Å². The lowest BCUT2D eigenvalue weighted by Crippen LogP contribution is -2.35. The number of carbonyl (C=O) groups excluding carboxylic acids is 1. The Morgan fingerprint density at radius 2 is 1.65 bits per heavy atom. The minimum absolute atomic E-state index is 0. The van der Waals surface area contributed by atoms with Crippen molar-refractivity contribution in [3.63, 3.8) is 0 Å². The predicted octanol–water partition coefficient (Wildman–Crippen LogP) is 5.17. The van der Waals surface area contributed by atoms with Crippen LogP contribution in [0.4, 0.5) is 0 Å². The number of Topliss-reactive ketones (excluding diaryl/α,β-unsaturated/α-hetero) is 1. The zero-order valence-corrected chi connectivity index (χ0v) is 16.4. The maximum absolute atomic E-state index is 12.7. The summed E-state index contributed by atoms with van der Waals surface area (Å²) in [5.41, 5.74) is 2.67. The zero-order valence-electron chi connectivity index (χ0n) is 15.6. The first-order chi connectivity index (χ1) is 12.2. The van der Waals surface area contributed by atoms with E-state index < -0.39 is 0 Å². The van der Waals surface area contributed by atoms with E-state index in [2.05, 4.69) is 66.8 Å². The van der Waals surface area contributed by atoms with E-state index in [-0.39, 0.29) is 18.3 Å². The summed E-state index contributed by atoms with van der Waals surface area (Å²) in [7, 11) is 0. The molecule has 3 atom stereocenters. The third-order valence-electron chi connectivity index (χ3n) is 5.38. The molecule has 2 aromatic rings. The number of carbonyl (C=O) groups is 1. The summed E-state index contributed by atoms with van der Waals surface area (Å²) in [6.45, 7) is 3.02. The van der Waals surface area contributed by atoms with Crippen molar-refractivity contribution >= 4 is 18.2 Å². The highest BCUT2D eigenvalue weighted by atomic mass is 35.5. The van der Waals surface area contributed by atoms with Gasteiger partial charge in [0, 0.05) is 24.9 Å². The molecule has 0 saturated heterocycles. The molecule has 1 saturated carbocycles. The number of rotatable bonds is 6. The molecule has 2 nitrogen and oxygen atoms in total. The molecule has 3 heteroatoms. The van der Waals surface area contributed by atoms with Crippen LogP contribution in [0.15, 0.2) is 60.7 Å². The second-order valence-electron chi connectivity index (χ2n) is 7.40. The fourth-order valence-corrected chi connectivity index (χ4v) is 3.89. The second-order valence-corrected chi connectivity index (χ2v) is 7.40. The molecule has 140 valence electrons. The molecular formula is C23H30ClNO. The van der Waals surface area contributed by atoms with Crippen molar-refractivity contribution in [3.8, 4) is 0 Å². The van der Waals surface area contributed by atoms with Gasteiger partial charge in [-0.25, -0.2) is 0 Å². The third-order valence-corrected chi connectivity index (χ3v) is 5.38. The Balaban J connectivity index is 0.00000243. The lowest BCUT2D eigenvalue weighted by atomic mass is 9.90. The fourth-order valence-electron chi connectivity index (χ4n) is 3.89. The number of nitrogens with one attached hydrogen (secondary N) is 1. The first-order valence-electron chi connectivity index (χ1n) is 9.57. The summed E-state index contributed by atoms with van der Waals surface area (Å²) < 4.78 is 0. The van der Waals surface area contributed by atoms with Gasteiger partial charge in [0.1, 0.15) is 5.78 Å². The number of benzene rings is 2. The Labute approximate surface area is 163 Å². The monoisotopic (exact) mass is 371 g/mol. The SMILES string of the molecule is CC(Cc1ccccc1)NCC1CCCC(c2ccccc2)CC1=O.Cl. The van der Waals surface area contributed by atoms with Crippen LogP contribution >= 0.6 is 12.4 Å². The predicted molar refractivity (Wildman–Crippen MR) is 111 cm³/mol. The Morgan fingerprint density at radius 3 is 2.35 bits per heavy atom. The van der Waals surface area contributed by atoms with Gasteiger partial charge in [0.05, 0.1) is 0 Å². The van der Waals surface area contributed by atoms with Crippen LogP contribution in [0.2, 0.25) is 0 Å². The molecule has 0 radical (unpaired) electrons. The Kier molecular flexibility index (Phi) is 8.34. The van der Waals surface area contributed by atoms with Crippen molar-refractivity contribution in [2.24, 2.45) is 5.92 Å². The Morgan fingerprint density at radius 1 is 1.00 bits per heavy atom. The topological polar surface area (TPSA) is 29.1 Å². The minimum atomic E-state index is 0. The van der Waals surface area contributed by atoms with Crippen molar-refractivity contribution < 1.29 is 4.79 Å². The fraction of sp³-hybridized carbons (Fsp3) is 0.435. The van der Waals surface area contributed by atoms with Gasteiger partial charge in [0.15, 0.2) is 0 Å². The van der Waals surface area contributed by atoms with E-state index in [1.807, 2.05) is 6.07 Å².